The van der Waals surface area contributed by atoms with Crippen LogP contribution in [0.4, 0.5) is 10.1 Å². The van der Waals surface area contributed by atoms with E-state index in [0.717, 1.165) is 18.5 Å². The van der Waals surface area contributed by atoms with E-state index in [9.17, 15) is 14.5 Å². The van der Waals surface area contributed by atoms with Crippen LogP contribution in [0.1, 0.15) is 38.2 Å². The van der Waals surface area contributed by atoms with Gasteiger partial charge in [-0.1, -0.05) is 19.8 Å². The summed E-state index contributed by atoms with van der Waals surface area (Å²) in [5.74, 6) is 1.02. The molecule has 0 saturated heterocycles. The van der Waals surface area contributed by atoms with Gasteiger partial charge in [0.25, 0.3) is 5.69 Å². The number of hydrogen-bond donors (Lipinski definition) is 1. The third-order valence-corrected chi connectivity index (χ3v) is 4.12. The van der Waals surface area contributed by atoms with E-state index < -0.39 is 10.7 Å². The van der Waals surface area contributed by atoms with Crippen LogP contribution in [-0.4, -0.2) is 11.5 Å². The lowest BCUT2D eigenvalue weighted by Gasteiger charge is -2.26. The van der Waals surface area contributed by atoms with E-state index >= 15 is 0 Å². The summed E-state index contributed by atoms with van der Waals surface area (Å²) in [6.45, 7) is 3.47. The summed E-state index contributed by atoms with van der Waals surface area (Å²) in [5, 5.41) is 14.1. The van der Waals surface area contributed by atoms with Crippen LogP contribution >= 0.6 is 0 Å². The Morgan fingerprint density at radius 2 is 2.05 bits per heavy atom. The van der Waals surface area contributed by atoms with Gasteiger partial charge in [-0.15, -0.1) is 0 Å². The summed E-state index contributed by atoms with van der Waals surface area (Å²) < 4.78 is 13.2. The van der Waals surface area contributed by atoms with Crippen molar-refractivity contribution in [3.8, 4) is 0 Å². The second-order valence-corrected chi connectivity index (χ2v) is 5.79. The molecule has 0 heterocycles. The zero-order valence-corrected chi connectivity index (χ0v) is 11.8. The van der Waals surface area contributed by atoms with E-state index in [-0.39, 0.29) is 5.69 Å². The van der Waals surface area contributed by atoms with E-state index in [0.29, 0.717) is 18.0 Å². The van der Waals surface area contributed by atoms with E-state index in [1.54, 1.807) is 0 Å². The number of nitro benzene ring substituents is 1. The highest BCUT2D eigenvalue weighted by Gasteiger charge is 2.19. The molecule has 0 aliphatic heterocycles. The highest BCUT2D eigenvalue weighted by atomic mass is 19.1. The monoisotopic (exact) mass is 280 g/mol. The molecule has 1 aromatic carbocycles. The Hall–Kier alpha value is -1.49. The molecule has 0 unspecified atom stereocenters. The van der Waals surface area contributed by atoms with Crippen LogP contribution in [0.25, 0.3) is 0 Å². The molecule has 1 N–H and O–H groups in total. The van der Waals surface area contributed by atoms with Gasteiger partial charge < -0.3 is 5.32 Å². The van der Waals surface area contributed by atoms with Crippen molar-refractivity contribution in [2.45, 2.75) is 39.2 Å². The quantitative estimate of drug-likeness (QED) is 0.661. The molecule has 5 heteroatoms. The summed E-state index contributed by atoms with van der Waals surface area (Å²) >= 11 is 0. The number of nitrogens with one attached hydrogen (secondary N) is 1. The van der Waals surface area contributed by atoms with Gasteiger partial charge in [-0.2, -0.15) is 0 Å². The standard InChI is InChI=1S/C15H21FN2O2/c1-11-2-4-12(5-3-11)9-17-10-13-8-14(16)6-7-15(13)18(19)20/h6-8,11-12,17H,2-5,9-10H2,1H3. The van der Waals surface area contributed by atoms with Gasteiger partial charge in [-0.3, -0.25) is 10.1 Å². The van der Waals surface area contributed by atoms with E-state index in [2.05, 4.69) is 12.2 Å². The molecule has 110 valence electrons. The first kappa shape index (κ1) is 14.9. The Labute approximate surface area is 118 Å². The molecule has 4 nitrogen and oxygen atoms in total. The molecule has 2 rings (SSSR count). The minimum Gasteiger partial charge on any atom is -0.312 e. The van der Waals surface area contributed by atoms with E-state index in [1.807, 2.05) is 0 Å². The minimum absolute atomic E-state index is 0.0174. The van der Waals surface area contributed by atoms with Gasteiger partial charge >= 0.3 is 0 Å². The first-order valence-electron chi connectivity index (χ1n) is 7.20. The molecule has 0 spiro atoms. The zero-order valence-electron chi connectivity index (χ0n) is 11.8. The maximum absolute atomic E-state index is 13.2. The number of nitrogens with zero attached hydrogens (tertiary/aromatic N) is 1. The van der Waals surface area contributed by atoms with Crippen molar-refractivity contribution in [2.75, 3.05) is 6.54 Å². The highest BCUT2D eigenvalue weighted by molar-refractivity contribution is 5.40. The molecule has 0 radical (unpaired) electrons. The summed E-state index contributed by atoms with van der Waals surface area (Å²) in [4.78, 5) is 10.4. The minimum atomic E-state index is -0.460. The molecule has 0 aromatic heterocycles. The van der Waals surface area contributed by atoms with Crippen LogP contribution in [0.15, 0.2) is 18.2 Å². The SMILES string of the molecule is CC1CCC(CNCc2cc(F)ccc2[N+](=O)[O-])CC1. The van der Waals surface area contributed by atoms with Gasteiger partial charge in [0, 0.05) is 18.2 Å². The summed E-state index contributed by atoms with van der Waals surface area (Å²) in [6, 6.07) is 3.60. The molecular weight excluding hydrogens is 259 g/mol. The van der Waals surface area contributed by atoms with Gasteiger partial charge in [0.1, 0.15) is 5.82 Å². The fourth-order valence-corrected chi connectivity index (χ4v) is 2.82. The van der Waals surface area contributed by atoms with Crippen molar-refractivity contribution >= 4 is 5.69 Å². The molecule has 1 saturated carbocycles. The van der Waals surface area contributed by atoms with Gasteiger partial charge in [0.15, 0.2) is 0 Å². The third-order valence-electron chi connectivity index (χ3n) is 4.12. The lowest BCUT2D eigenvalue weighted by molar-refractivity contribution is -0.385. The average molecular weight is 280 g/mol. The van der Waals surface area contributed by atoms with E-state index in [4.69, 9.17) is 0 Å². The van der Waals surface area contributed by atoms with Crippen molar-refractivity contribution in [1.29, 1.82) is 0 Å². The van der Waals surface area contributed by atoms with E-state index in [1.165, 1.54) is 37.8 Å². The molecule has 20 heavy (non-hydrogen) atoms. The number of hydrogen-bond acceptors (Lipinski definition) is 3. The van der Waals surface area contributed by atoms with Crippen molar-refractivity contribution in [2.24, 2.45) is 11.8 Å². The van der Waals surface area contributed by atoms with Crippen molar-refractivity contribution in [3.05, 3.63) is 39.7 Å². The highest BCUT2D eigenvalue weighted by Crippen LogP contribution is 2.28. The molecule has 1 aliphatic carbocycles. The predicted octanol–water partition coefficient (Wildman–Crippen LogP) is 3.65. The largest absolute Gasteiger partial charge is 0.312 e. The lowest BCUT2D eigenvalue weighted by Crippen LogP contribution is -2.26. The fourth-order valence-electron chi connectivity index (χ4n) is 2.82. The average Bonchev–Trinajstić information content (AvgIpc) is 2.41. The van der Waals surface area contributed by atoms with Crippen LogP contribution in [-0.2, 0) is 6.54 Å². The number of halogens is 1. The van der Waals surface area contributed by atoms with Gasteiger partial charge in [-0.05, 0) is 43.4 Å². The van der Waals surface area contributed by atoms with Crippen molar-refractivity contribution in [3.63, 3.8) is 0 Å². The molecule has 0 amide bonds. The number of rotatable bonds is 5. The maximum Gasteiger partial charge on any atom is 0.274 e. The Bertz CT molecular complexity index is 471. The third kappa shape index (κ3) is 4.00. The summed E-state index contributed by atoms with van der Waals surface area (Å²) in [5.41, 5.74) is 0.398. The number of benzene rings is 1. The molecule has 1 aromatic rings. The molecule has 1 fully saturated rings. The Morgan fingerprint density at radius 1 is 1.35 bits per heavy atom. The molecule has 0 bridgehead atoms. The Balaban J connectivity index is 1.87. The predicted molar refractivity (Wildman–Crippen MR) is 75.9 cm³/mol. The first-order chi connectivity index (χ1) is 9.56. The molecular formula is C15H21FN2O2. The van der Waals surface area contributed by atoms with Gasteiger partial charge in [0.05, 0.1) is 4.92 Å². The normalized spacial score (nSPS) is 22.7. The second kappa shape index (κ2) is 6.79. The zero-order chi connectivity index (χ0) is 14.5. The first-order valence-corrected chi connectivity index (χ1v) is 7.20. The molecule has 1 aliphatic rings. The lowest BCUT2D eigenvalue weighted by atomic mass is 9.83. The van der Waals surface area contributed by atoms with Crippen LogP contribution in [0.3, 0.4) is 0 Å². The van der Waals surface area contributed by atoms with Gasteiger partial charge in [0.2, 0.25) is 0 Å². The smallest absolute Gasteiger partial charge is 0.274 e. The topological polar surface area (TPSA) is 55.2 Å². The van der Waals surface area contributed by atoms with Crippen LogP contribution < -0.4 is 5.32 Å². The number of nitro groups is 1. The van der Waals surface area contributed by atoms with Crippen LogP contribution in [0.5, 0.6) is 0 Å². The van der Waals surface area contributed by atoms with Crippen LogP contribution in [0.2, 0.25) is 0 Å². The van der Waals surface area contributed by atoms with Crippen molar-refractivity contribution < 1.29 is 9.31 Å². The summed E-state index contributed by atoms with van der Waals surface area (Å²) in [7, 11) is 0. The Morgan fingerprint density at radius 3 is 2.70 bits per heavy atom. The fraction of sp³-hybridized carbons (Fsp3) is 0.600. The van der Waals surface area contributed by atoms with Crippen molar-refractivity contribution in [1.82, 2.24) is 5.32 Å². The molecule has 0 atom stereocenters. The Kier molecular flexibility index (Phi) is 5.06. The van der Waals surface area contributed by atoms with Gasteiger partial charge in [-0.25, -0.2) is 4.39 Å². The summed E-state index contributed by atoms with van der Waals surface area (Å²) in [6.07, 6.45) is 4.93. The second-order valence-electron chi connectivity index (χ2n) is 5.79. The maximum atomic E-state index is 13.2. The van der Waals surface area contributed by atoms with Crippen LogP contribution in [0, 0.1) is 27.8 Å².